The highest BCUT2D eigenvalue weighted by Gasteiger charge is 2.11. The molecule has 0 radical (unpaired) electrons. The van der Waals surface area contributed by atoms with Crippen molar-refractivity contribution in [2.24, 2.45) is 0 Å². The molecule has 104 valence electrons. The lowest BCUT2D eigenvalue weighted by molar-refractivity contribution is 0.213. The molecule has 0 aromatic heterocycles. The summed E-state index contributed by atoms with van der Waals surface area (Å²) in [5.41, 5.74) is 0. The number of nitrogens with zero attached hydrogens (tertiary/aromatic N) is 2. The lowest BCUT2D eigenvalue weighted by atomic mass is 10.1. The van der Waals surface area contributed by atoms with E-state index < -0.39 is 0 Å². The van der Waals surface area contributed by atoms with Crippen molar-refractivity contribution in [3.8, 4) is 0 Å². The fourth-order valence-electron chi connectivity index (χ4n) is 2.20. The molecule has 2 atom stereocenters. The molecule has 0 saturated heterocycles. The minimum Gasteiger partial charge on any atom is -0.304 e. The summed E-state index contributed by atoms with van der Waals surface area (Å²) in [7, 11) is 4.29. The Morgan fingerprint density at radius 2 is 1.65 bits per heavy atom. The summed E-state index contributed by atoms with van der Waals surface area (Å²) in [5, 5.41) is 3.68. The molecule has 2 unspecified atom stereocenters. The average Bonchev–Trinajstić information content (AvgIpc) is 2.31. The summed E-state index contributed by atoms with van der Waals surface area (Å²) in [6, 6.07) is 0.609. The zero-order valence-electron chi connectivity index (χ0n) is 12.8. The van der Waals surface area contributed by atoms with Crippen LogP contribution < -0.4 is 5.32 Å². The standard InChI is InChI=1S/C14H33N3/c1-7-14(16(5)6)15-13(4)11-10-12-17(8-2)9-3/h13-15H,7-12H2,1-6H3. The molecule has 0 heterocycles. The fraction of sp³-hybridized carbons (Fsp3) is 1.00. The topological polar surface area (TPSA) is 18.5 Å². The van der Waals surface area contributed by atoms with Crippen LogP contribution in [-0.4, -0.2) is 55.7 Å². The molecule has 0 amide bonds. The smallest absolute Gasteiger partial charge is 0.0591 e. The molecule has 0 rings (SSSR count). The molecule has 0 fully saturated rings. The van der Waals surface area contributed by atoms with Crippen molar-refractivity contribution in [3.63, 3.8) is 0 Å². The van der Waals surface area contributed by atoms with Crippen LogP contribution in [0.3, 0.4) is 0 Å². The molecule has 3 heteroatoms. The Morgan fingerprint density at radius 1 is 1.06 bits per heavy atom. The second kappa shape index (κ2) is 9.86. The van der Waals surface area contributed by atoms with Gasteiger partial charge >= 0.3 is 0 Å². The first kappa shape index (κ1) is 16.9. The van der Waals surface area contributed by atoms with Crippen molar-refractivity contribution in [2.75, 3.05) is 33.7 Å². The maximum absolute atomic E-state index is 3.68. The molecule has 17 heavy (non-hydrogen) atoms. The average molecular weight is 243 g/mol. The quantitative estimate of drug-likeness (QED) is 0.594. The van der Waals surface area contributed by atoms with Gasteiger partial charge in [0.1, 0.15) is 0 Å². The monoisotopic (exact) mass is 243 g/mol. The molecular weight excluding hydrogens is 210 g/mol. The third-order valence-corrected chi connectivity index (χ3v) is 3.49. The Labute approximate surface area is 109 Å². The molecule has 0 aromatic carbocycles. The van der Waals surface area contributed by atoms with Crippen molar-refractivity contribution in [1.82, 2.24) is 15.1 Å². The van der Waals surface area contributed by atoms with E-state index in [4.69, 9.17) is 0 Å². The lowest BCUT2D eigenvalue weighted by Gasteiger charge is -2.28. The Kier molecular flexibility index (Phi) is 9.79. The first-order valence-electron chi connectivity index (χ1n) is 7.19. The van der Waals surface area contributed by atoms with Gasteiger partial charge < -0.3 is 4.90 Å². The number of rotatable bonds is 10. The van der Waals surface area contributed by atoms with Crippen LogP contribution in [0.5, 0.6) is 0 Å². The maximum Gasteiger partial charge on any atom is 0.0591 e. The largest absolute Gasteiger partial charge is 0.304 e. The molecular formula is C14H33N3. The first-order valence-corrected chi connectivity index (χ1v) is 7.19. The minimum atomic E-state index is 0.512. The highest BCUT2D eigenvalue weighted by atomic mass is 15.2. The van der Waals surface area contributed by atoms with Gasteiger partial charge in [-0.3, -0.25) is 10.2 Å². The molecule has 0 aliphatic carbocycles. The van der Waals surface area contributed by atoms with Gasteiger partial charge in [-0.25, -0.2) is 0 Å². The van der Waals surface area contributed by atoms with Gasteiger partial charge in [-0.2, -0.15) is 0 Å². The van der Waals surface area contributed by atoms with E-state index in [0.29, 0.717) is 12.2 Å². The van der Waals surface area contributed by atoms with Gasteiger partial charge in [0.25, 0.3) is 0 Å². The van der Waals surface area contributed by atoms with Gasteiger partial charge in [0.15, 0.2) is 0 Å². The van der Waals surface area contributed by atoms with E-state index in [9.17, 15) is 0 Å². The Morgan fingerprint density at radius 3 is 2.06 bits per heavy atom. The second-order valence-electron chi connectivity index (χ2n) is 5.12. The van der Waals surface area contributed by atoms with Crippen LogP contribution in [-0.2, 0) is 0 Å². The molecule has 0 aromatic rings. The van der Waals surface area contributed by atoms with Gasteiger partial charge in [-0.05, 0) is 59.9 Å². The van der Waals surface area contributed by atoms with Gasteiger partial charge in [0.2, 0.25) is 0 Å². The van der Waals surface area contributed by atoms with Crippen LogP contribution in [0.15, 0.2) is 0 Å². The van der Waals surface area contributed by atoms with Crippen LogP contribution >= 0.6 is 0 Å². The summed E-state index contributed by atoms with van der Waals surface area (Å²) < 4.78 is 0. The summed E-state index contributed by atoms with van der Waals surface area (Å²) in [4.78, 5) is 4.76. The second-order valence-corrected chi connectivity index (χ2v) is 5.12. The molecule has 0 spiro atoms. The van der Waals surface area contributed by atoms with Crippen molar-refractivity contribution in [2.45, 2.75) is 59.2 Å². The van der Waals surface area contributed by atoms with Gasteiger partial charge in [-0.1, -0.05) is 20.8 Å². The van der Waals surface area contributed by atoms with Crippen LogP contribution in [0, 0.1) is 0 Å². The summed E-state index contributed by atoms with van der Waals surface area (Å²) in [5.74, 6) is 0. The van der Waals surface area contributed by atoms with Crippen molar-refractivity contribution < 1.29 is 0 Å². The summed E-state index contributed by atoms with van der Waals surface area (Å²) in [6.45, 7) is 12.6. The van der Waals surface area contributed by atoms with E-state index in [0.717, 1.165) is 6.42 Å². The van der Waals surface area contributed by atoms with E-state index in [1.165, 1.54) is 32.5 Å². The predicted molar refractivity (Wildman–Crippen MR) is 77.4 cm³/mol. The molecule has 0 saturated carbocycles. The molecule has 0 bridgehead atoms. The van der Waals surface area contributed by atoms with E-state index >= 15 is 0 Å². The predicted octanol–water partition coefficient (Wildman–Crippen LogP) is 2.38. The van der Waals surface area contributed by atoms with Crippen molar-refractivity contribution in [3.05, 3.63) is 0 Å². The lowest BCUT2D eigenvalue weighted by Crippen LogP contribution is -2.45. The highest BCUT2D eigenvalue weighted by molar-refractivity contribution is 4.69. The SMILES string of the molecule is CCC(NC(C)CCCN(CC)CC)N(C)C. The van der Waals surface area contributed by atoms with E-state index in [1.54, 1.807) is 0 Å². The summed E-state index contributed by atoms with van der Waals surface area (Å²) >= 11 is 0. The maximum atomic E-state index is 3.68. The van der Waals surface area contributed by atoms with Gasteiger partial charge in [0.05, 0.1) is 6.17 Å². The van der Waals surface area contributed by atoms with Gasteiger partial charge in [0, 0.05) is 6.04 Å². The minimum absolute atomic E-state index is 0.512. The molecule has 0 aliphatic heterocycles. The van der Waals surface area contributed by atoms with Crippen LogP contribution in [0.1, 0.15) is 47.0 Å². The van der Waals surface area contributed by atoms with Crippen LogP contribution in [0.4, 0.5) is 0 Å². The fourth-order valence-corrected chi connectivity index (χ4v) is 2.20. The van der Waals surface area contributed by atoms with Crippen LogP contribution in [0.25, 0.3) is 0 Å². The highest BCUT2D eigenvalue weighted by Crippen LogP contribution is 2.03. The zero-order chi connectivity index (χ0) is 13.3. The van der Waals surface area contributed by atoms with E-state index in [1.807, 2.05) is 0 Å². The van der Waals surface area contributed by atoms with E-state index in [2.05, 4.69) is 56.9 Å². The number of hydrogen-bond acceptors (Lipinski definition) is 3. The normalized spacial score (nSPS) is 15.5. The van der Waals surface area contributed by atoms with E-state index in [-0.39, 0.29) is 0 Å². The number of hydrogen-bond donors (Lipinski definition) is 1. The van der Waals surface area contributed by atoms with Crippen molar-refractivity contribution in [1.29, 1.82) is 0 Å². The Bertz CT molecular complexity index is 167. The third-order valence-electron chi connectivity index (χ3n) is 3.49. The molecule has 3 nitrogen and oxygen atoms in total. The number of nitrogens with one attached hydrogen (secondary N) is 1. The third kappa shape index (κ3) is 7.74. The van der Waals surface area contributed by atoms with Crippen LogP contribution in [0.2, 0.25) is 0 Å². The Balaban J connectivity index is 3.74. The molecule has 0 aliphatic rings. The van der Waals surface area contributed by atoms with Crippen molar-refractivity contribution >= 4 is 0 Å². The zero-order valence-corrected chi connectivity index (χ0v) is 12.8. The van der Waals surface area contributed by atoms with Gasteiger partial charge in [-0.15, -0.1) is 0 Å². The summed E-state index contributed by atoms with van der Waals surface area (Å²) in [6.07, 6.45) is 4.23. The molecule has 1 N–H and O–H groups in total. The first-order chi connectivity index (χ1) is 8.04. The Hall–Kier alpha value is -0.120.